The summed E-state index contributed by atoms with van der Waals surface area (Å²) in [5.74, 6) is 0.721. The van der Waals surface area contributed by atoms with Crippen LogP contribution in [-0.4, -0.2) is 52.1 Å². The van der Waals surface area contributed by atoms with E-state index >= 15 is 0 Å². The highest BCUT2D eigenvalue weighted by Gasteiger charge is 2.28. The Labute approximate surface area is 152 Å². The van der Waals surface area contributed by atoms with Crippen LogP contribution < -0.4 is 9.47 Å². The number of para-hydroxylation sites is 2. The molecule has 0 aromatic heterocycles. The lowest BCUT2D eigenvalue weighted by atomic mass is 10.2. The van der Waals surface area contributed by atoms with Gasteiger partial charge in [0, 0.05) is 7.05 Å². The minimum atomic E-state index is -3.72. The molecule has 1 aliphatic heterocycles. The van der Waals surface area contributed by atoms with Crippen molar-refractivity contribution in [3.63, 3.8) is 0 Å². The Morgan fingerprint density at radius 1 is 1.15 bits per heavy atom. The van der Waals surface area contributed by atoms with Gasteiger partial charge in [0.25, 0.3) is 0 Å². The number of ether oxygens (including phenoxy) is 3. The fourth-order valence-corrected chi connectivity index (χ4v) is 3.80. The van der Waals surface area contributed by atoms with E-state index in [-0.39, 0.29) is 23.6 Å². The zero-order valence-electron chi connectivity index (χ0n) is 14.4. The highest BCUT2D eigenvalue weighted by Crippen LogP contribution is 2.31. The maximum Gasteiger partial charge on any atom is 0.337 e. The number of likely N-dealkylation sites (N-methyl/N-ethyl adjacent to an activating group) is 1. The number of nitrogens with zero attached hydrogens (tertiary/aromatic N) is 1. The molecular formula is C18H19NO6S. The van der Waals surface area contributed by atoms with Gasteiger partial charge in [-0.15, -0.1) is 0 Å². The molecule has 0 spiro atoms. The maximum atomic E-state index is 12.7. The topological polar surface area (TPSA) is 82.1 Å². The molecule has 1 heterocycles. The van der Waals surface area contributed by atoms with Crippen molar-refractivity contribution in [1.29, 1.82) is 0 Å². The van der Waals surface area contributed by atoms with E-state index in [2.05, 4.69) is 4.74 Å². The summed E-state index contributed by atoms with van der Waals surface area (Å²) in [6.45, 7) is 0.396. The summed E-state index contributed by atoms with van der Waals surface area (Å²) in [6.07, 6.45) is -0.418. The first-order chi connectivity index (χ1) is 12.4. The summed E-state index contributed by atoms with van der Waals surface area (Å²) < 4.78 is 42.7. The standard InChI is InChI=1S/C18H19NO6S/c1-19(11-14-12-24-16-5-3-4-6-17(16)25-14)26(21,22)15-9-7-13(8-10-15)18(20)23-2/h3-10,14H,11-12H2,1-2H3/t14-/m0/s1. The zero-order chi connectivity index (χ0) is 18.7. The van der Waals surface area contributed by atoms with Crippen LogP contribution in [0, 0.1) is 0 Å². The van der Waals surface area contributed by atoms with Crippen LogP contribution in [0.2, 0.25) is 0 Å². The van der Waals surface area contributed by atoms with Gasteiger partial charge < -0.3 is 14.2 Å². The molecule has 0 saturated heterocycles. The van der Waals surface area contributed by atoms with Crippen LogP contribution in [0.1, 0.15) is 10.4 Å². The lowest BCUT2D eigenvalue weighted by molar-refractivity contribution is 0.0600. The summed E-state index contributed by atoms with van der Waals surface area (Å²) in [4.78, 5) is 11.5. The molecule has 26 heavy (non-hydrogen) atoms. The van der Waals surface area contributed by atoms with Gasteiger partial charge in [0.05, 0.1) is 24.1 Å². The number of fused-ring (bicyclic) bond motifs is 1. The van der Waals surface area contributed by atoms with E-state index in [1.54, 1.807) is 12.1 Å². The second kappa shape index (κ2) is 7.35. The van der Waals surface area contributed by atoms with Gasteiger partial charge in [-0.2, -0.15) is 4.31 Å². The minimum Gasteiger partial charge on any atom is -0.486 e. The van der Waals surface area contributed by atoms with E-state index in [1.165, 1.54) is 42.7 Å². The monoisotopic (exact) mass is 377 g/mol. The van der Waals surface area contributed by atoms with E-state index < -0.39 is 22.1 Å². The second-order valence-electron chi connectivity index (χ2n) is 5.80. The fourth-order valence-electron chi connectivity index (χ4n) is 2.60. The Bertz CT molecular complexity index is 894. The molecule has 0 saturated carbocycles. The molecule has 2 aromatic rings. The lowest BCUT2D eigenvalue weighted by Gasteiger charge is -2.29. The molecule has 0 fully saturated rings. The Kier molecular flexibility index (Phi) is 5.15. The van der Waals surface area contributed by atoms with Gasteiger partial charge in [0.2, 0.25) is 10.0 Å². The van der Waals surface area contributed by atoms with Crippen molar-refractivity contribution >= 4 is 16.0 Å². The molecule has 0 N–H and O–H groups in total. The van der Waals surface area contributed by atoms with Crippen molar-refractivity contribution in [3.05, 3.63) is 54.1 Å². The molecule has 0 amide bonds. The molecule has 1 atom stereocenters. The molecular weight excluding hydrogens is 358 g/mol. The highest BCUT2D eigenvalue weighted by atomic mass is 32.2. The average Bonchev–Trinajstić information content (AvgIpc) is 2.67. The number of benzene rings is 2. The van der Waals surface area contributed by atoms with Gasteiger partial charge >= 0.3 is 5.97 Å². The Morgan fingerprint density at radius 3 is 2.46 bits per heavy atom. The molecule has 8 heteroatoms. The second-order valence-corrected chi connectivity index (χ2v) is 7.84. The predicted octanol–water partition coefficient (Wildman–Crippen LogP) is 1.93. The van der Waals surface area contributed by atoms with E-state index in [4.69, 9.17) is 9.47 Å². The van der Waals surface area contributed by atoms with Crippen LogP contribution in [0.5, 0.6) is 11.5 Å². The average molecular weight is 377 g/mol. The molecule has 0 bridgehead atoms. The Balaban J connectivity index is 1.71. The molecule has 0 radical (unpaired) electrons. The lowest BCUT2D eigenvalue weighted by Crippen LogP contribution is -2.41. The number of esters is 1. The number of rotatable bonds is 5. The number of carbonyl (C=O) groups is 1. The number of methoxy groups -OCH3 is 1. The van der Waals surface area contributed by atoms with E-state index in [0.29, 0.717) is 11.5 Å². The van der Waals surface area contributed by atoms with Gasteiger partial charge in [-0.25, -0.2) is 13.2 Å². The van der Waals surface area contributed by atoms with Crippen molar-refractivity contribution in [3.8, 4) is 11.5 Å². The van der Waals surface area contributed by atoms with Crippen molar-refractivity contribution < 1.29 is 27.4 Å². The first kappa shape index (κ1) is 18.2. The van der Waals surface area contributed by atoms with Crippen LogP contribution in [0.3, 0.4) is 0 Å². The number of sulfonamides is 1. The van der Waals surface area contributed by atoms with Crippen LogP contribution in [0.15, 0.2) is 53.4 Å². The van der Waals surface area contributed by atoms with Gasteiger partial charge in [0.15, 0.2) is 11.5 Å². The van der Waals surface area contributed by atoms with E-state index in [9.17, 15) is 13.2 Å². The first-order valence-corrected chi connectivity index (χ1v) is 9.39. The molecule has 0 aliphatic carbocycles. The highest BCUT2D eigenvalue weighted by molar-refractivity contribution is 7.89. The van der Waals surface area contributed by atoms with Gasteiger partial charge in [-0.1, -0.05) is 12.1 Å². The third-order valence-corrected chi connectivity index (χ3v) is 5.85. The minimum absolute atomic E-state index is 0.0878. The predicted molar refractivity (Wildman–Crippen MR) is 94.0 cm³/mol. The molecule has 2 aromatic carbocycles. The first-order valence-electron chi connectivity index (χ1n) is 7.95. The molecule has 3 rings (SSSR count). The summed E-state index contributed by atoms with van der Waals surface area (Å²) in [5.41, 5.74) is 0.287. The Morgan fingerprint density at radius 2 is 1.81 bits per heavy atom. The molecule has 7 nitrogen and oxygen atoms in total. The maximum absolute atomic E-state index is 12.7. The molecule has 0 unspecified atom stereocenters. The largest absolute Gasteiger partial charge is 0.486 e. The van der Waals surface area contributed by atoms with Gasteiger partial charge in [-0.05, 0) is 36.4 Å². The third kappa shape index (κ3) is 3.66. The SMILES string of the molecule is COC(=O)c1ccc(S(=O)(=O)N(C)C[C@H]2COc3ccccc3O2)cc1. The van der Waals surface area contributed by atoms with Crippen LogP contribution >= 0.6 is 0 Å². The number of hydrogen-bond acceptors (Lipinski definition) is 6. The number of hydrogen-bond donors (Lipinski definition) is 0. The molecule has 138 valence electrons. The third-order valence-electron chi connectivity index (χ3n) is 4.01. The van der Waals surface area contributed by atoms with E-state index in [0.717, 1.165) is 0 Å². The van der Waals surface area contributed by atoms with Crippen LogP contribution in [-0.2, 0) is 14.8 Å². The van der Waals surface area contributed by atoms with E-state index in [1.807, 2.05) is 12.1 Å². The normalized spacial score (nSPS) is 16.3. The Hall–Kier alpha value is -2.58. The van der Waals surface area contributed by atoms with Crippen molar-refractivity contribution in [2.24, 2.45) is 0 Å². The van der Waals surface area contributed by atoms with Crippen molar-refractivity contribution in [2.45, 2.75) is 11.0 Å². The smallest absolute Gasteiger partial charge is 0.337 e. The number of carbonyl (C=O) groups excluding carboxylic acids is 1. The van der Waals surface area contributed by atoms with Crippen molar-refractivity contribution in [2.75, 3.05) is 27.3 Å². The van der Waals surface area contributed by atoms with Gasteiger partial charge in [0.1, 0.15) is 12.7 Å². The summed E-state index contributed by atoms with van der Waals surface area (Å²) in [5, 5.41) is 0. The summed E-state index contributed by atoms with van der Waals surface area (Å²) in [6, 6.07) is 12.9. The summed E-state index contributed by atoms with van der Waals surface area (Å²) in [7, 11) is -0.971. The zero-order valence-corrected chi connectivity index (χ0v) is 15.2. The quantitative estimate of drug-likeness (QED) is 0.741. The molecule has 1 aliphatic rings. The summed E-state index contributed by atoms with van der Waals surface area (Å²) >= 11 is 0. The fraction of sp³-hybridized carbons (Fsp3) is 0.278. The van der Waals surface area contributed by atoms with Crippen molar-refractivity contribution in [1.82, 2.24) is 4.31 Å². The van der Waals surface area contributed by atoms with Gasteiger partial charge in [-0.3, -0.25) is 0 Å². The van der Waals surface area contributed by atoms with Crippen LogP contribution in [0.4, 0.5) is 0 Å². The van der Waals surface area contributed by atoms with Crippen LogP contribution in [0.25, 0.3) is 0 Å².